The Morgan fingerprint density at radius 1 is 1.11 bits per heavy atom. The van der Waals surface area contributed by atoms with Crippen LogP contribution in [0.25, 0.3) is 0 Å². The van der Waals surface area contributed by atoms with Crippen molar-refractivity contribution in [1.82, 2.24) is 0 Å². The zero-order chi connectivity index (χ0) is 13.2. The van der Waals surface area contributed by atoms with Crippen molar-refractivity contribution in [2.75, 3.05) is 0 Å². The third-order valence-electron chi connectivity index (χ3n) is 3.73. The second-order valence-electron chi connectivity index (χ2n) is 4.88. The molecular formula is C13H15F4N. The van der Waals surface area contributed by atoms with E-state index >= 15 is 0 Å². The van der Waals surface area contributed by atoms with E-state index < -0.39 is 18.0 Å². The van der Waals surface area contributed by atoms with Crippen LogP contribution in [0.15, 0.2) is 29.2 Å². The smallest absolute Gasteiger partial charge is 0.229 e. The second kappa shape index (κ2) is 5.24. The molecule has 0 radical (unpaired) electrons. The molecule has 1 saturated carbocycles. The summed E-state index contributed by atoms with van der Waals surface area (Å²) in [7, 11) is 0. The summed E-state index contributed by atoms with van der Waals surface area (Å²) in [6, 6.07) is 0. The summed E-state index contributed by atoms with van der Waals surface area (Å²) in [5.41, 5.74) is 0. The highest BCUT2D eigenvalue weighted by molar-refractivity contribution is 5.72. The Bertz CT molecular complexity index is 373. The average molecular weight is 261 g/mol. The van der Waals surface area contributed by atoms with Crippen molar-refractivity contribution in [3.8, 4) is 0 Å². The number of aliphatic imine (C=N–C) groups is 1. The first kappa shape index (κ1) is 13.3. The van der Waals surface area contributed by atoms with Crippen LogP contribution in [-0.4, -0.2) is 12.4 Å². The van der Waals surface area contributed by atoms with Crippen LogP contribution < -0.4 is 0 Å². The van der Waals surface area contributed by atoms with E-state index in [0.717, 1.165) is 0 Å². The lowest BCUT2D eigenvalue weighted by atomic mass is 9.75. The fraction of sp³-hybridized carbons (Fsp3) is 0.615. The Hall–Kier alpha value is -1.13. The molecule has 2 rings (SSSR count). The van der Waals surface area contributed by atoms with E-state index in [1.165, 1.54) is 12.3 Å². The molecular weight excluding hydrogens is 246 g/mol. The minimum Gasteiger partial charge on any atom is -0.229 e. The van der Waals surface area contributed by atoms with Crippen molar-refractivity contribution in [3.05, 3.63) is 24.2 Å². The van der Waals surface area contributed by atoms with E-state index in [-0.39, 0.29) is 24.7 Å². The highest BCUT2D eigenvalue weighted by atomic mass is 19.4. The van der Waals surface area contributed by atoms with Crippen molar-refractivity contribution >= 4 is 6.21 Å². The first-order chi connectivity index (χ1) is 8.47. The monoisotopic (exact) mass is 261 g/mol. The third kappa shape index (κ3) is 3.21. The van der Waals surface area contributed by atoms with Crippen LogP contribution in [0.5, 0.6) is 0 Å². The fourth-order valence-electron chi connectivity index (χ4n) is 2.67. The molecule has 0 aromatic heterocycles. The van der Waals surface area contributed by atoms with Gasteiger partial charge in [-0.15, -0.1) is 0 Å². The van der Waals surface area contributed by atoms with Gasteiger partial charge in [-0.2, -0.15) is 17.6 Å². The first-order valence-corrected chi connectivity index (χ1v) is 6.11. The summed E-state index contributed by atoms with van der Waals surface area (Å²) in [4.78, 5) is 3.53. The Kier molecular flexibility index (Phi) is 3.88. The molecule has 5 heteroatoms. The van der Waals surface area contributed by atoms with E-state index in [1.807, 2.05) is 6.08 Å². The van der Waals surface area contributed by atoms with Gasteiger partial charge in [0.05, 0.1) is 5.92 Å². The molecule has 0 aromatic carbocycles. The molecule has 100 valence electrons. The van der Waals surface area contributed by atoms with Crippen LogP contribution in [0.3, 0.4) is 0 Å². The van der Waals surface area contributed by atoms with E-state index in [1.54, 1.807) is 6.08 Å². The third-order valence-corrected chi connectivity index (χ3v) is 3.73. The largest absolute Gasteiger partial charge is 0.391 e. The molecule has 0 N–H and O–H groups in total. The minimum absolute atomic E-state index is 0.0901. The standard InChI is InChI=1S/C13H15F4N/c14-12-8-10(2-1-7-18-12)9-3-5-11(6-4-9)13(15,16)17/h1-2,7-11H,3-6H2. The van der Waals surface area contributed by atoms with Crippen LogP contribution in [0, 0.1) is 17.8 Å². The zero-order valence-electron chi connectivity index (χ0n) is 9.83. The van der Waals surface area contributed by atoms with Gasteiger partial charge in [0.1, 0.15) is 0 Å². The van der Waals surface area contributed by atoms with Crippen molar-refractivity contribution in [3.63, 3.8) is 0 Å². The quantitative estimate of drug-likeness (QED) is 0.489. The van der Waals surface area contributed by atoms with Crippen LogP contribution in [0.4, 0.5) is 17.6 Å². The lowest BCUT2D eigenvalue weighted by Crippen LogP contribution is -2.29. The minimum atomic E-state index is -4.09. The maximum atomic E-state index is 13.2. The maximum absolute atomic E-state index is 13.2. The molecule has 1 heterocycles. The van der Waals surface area contributed by atoms with Crippen LogP contribution >= 0.6 is 0 Å². The number of hydrogen-bond acceptors (Lipinski definition) is 1. The van der Waals surface area contributed by atoms with Crippen molar-refractivity contribution < 1.29 is 17.6 Å². The topological polar surface area (TPSA) is 12.4 Å². The summed E-state index contributed by atoms with van der Waals surface area (Å²) in [5.74, 6) is -1.79. The summed E-state index contributed by atoms with van der Waals surface area (Å²) in [6.45, 7) is 0. The molecule has 0 bridgehead atoms. The second-order valence-corrected chi connectivity index (χ2v) is 4.88. The number of hydrogen-bond donors (Lipinski definition) is 0. The molecule has 0 aromatic rings. The van der Waals surface area contributed by atoms with E-state index in [4.69, 9.17) is 0 Å². The molecule has 1 nitrogen and oxygen atoms in total. The Balaban J connectivity index is 1.96. The van der Waals surface area contributed by atoms with Gasteiger partial charge < -0.3 is 0 Å². The molecule has 1 fully saturated rings. The van der Waals surface area contributed by atoms with Crippen LogP contribution in [0.1, 0.15) is 25.7 Å². The highest BCUT2D eigenvalue weighted by Crippen LogP contribution is 2.42. The molecule has 0 amide bonds. The average Bonchev–Trinajstić information content (AvgIpc) is 2.53. The van der Waals surface area contributed by atoms with Crippen molar-refractivity contribution in [2.45, 2.75) is 31.9 Å². The predicted octanol–water partition coefficient (Wildman–Crippen LogP) is 4.42. The van der Waals surface area contributed by atoms with Gasteiger partial charge in [0, 0.05) is 12.1 Å². The highest BCUT2D eigenvalue weighted by Gasteiger charge is 2.42. The first-order valence-electron chi connectivity index (χ1n) is 6.11. The van der Waals surface area contributed by atoms with Crippen molar-refractivity contribution in [2.24, 2.45) is 22.7 Å². The Morgan fingerprint density at radius 3 is 2.39 bits per heavy atom. The van der Waals surface area contributed by atoms with E-state index in [0.29, 0.717) is 12.8 Å². The number of halogens is 4. The summed E-state index contributed by atoms with van der Waals surface area (Å²) >= 11 is 0. The van der Waals surface area contributed by atoms with Gasteiger partial charge in [0.25, 0.3) is 0 Å². The van der Waals surface area contributed by atoms with E-state index in [2.05, 4.69) is 4.99 Å². The zero-order valence-corrected chi connectivity index (χ0v) is 9.83. The van der Waals surface area contributed by atoms with Gasteiger partial charge >= 0.3 is 6.18 Å². The molecule has 1 aliphatic heterocycles. The van der Waals surface area contributed by atoms with Gasteiger partial charge in [-0.05, 0) is 43.8 Å². The fourth-order valence-corrected chi connectivity index (χ4v) is 2.67. The normalized spacial score (nSPS) is 33.1. The van der Waals surface area contributed by atoms with Gasteiger partial charge in [-0.3, -0.25) is 0 Å². The van der Waals surface area contributed by atoms with E-state index in [9.17, 15) is 17.6 Å². The van der Waals surface area contributed by atoms with Gasteiger partial charge in [0.2, 0.25) is 5.95 Å². The lowest BCUT2D eigenvalue weighted by molar-refractivity contribution is -0.184. The Morgan fingerprint density at radius 2 is 1.78 bits per heavy atom. The summed E-state index contributed by atoms with van der Waals surface area (Å²) in [6.07, 6.45) is 3.42. The summed E-state index contributed by atoms with van der Waals surface area (Å²) in [5, 5.41) is 0. The number of allylic oxidation sites excluding steroid dienone is 3. The molecule has 18 heavy (non-hydrogen) atoms. The number of rotatable bonds is 1. The maximum Gasteiger partial charge on any atom is 0.391 e. The van der Waals surface area contributed by atoms with Gasteiger partial charge in [-0.1, -0.05) is 6.08 Å². The van der Waals surface area contributed by atoms with Crippen LogP contribution in [0.2, 0.25) is 0 Å². The SMILES string of the molecule is FC1=CC(C2CCC(C(F)(F)F)CC2)C=CC=N1. The van der Waals surface area contributed by atoms with Gasteiger partial charge in [0.15, 0.2) is 0 Å². The predicted molar refractivity (Wildman–Crippen MR) is 61.8 cm³/mol. The molecule has 0 saturated heterocycles. The lowest BCUT2D eigenvalue weighted by Gasteiger charge is -2.32. The Labute approximate surface area is 103 Å². The van der Waals surface area contributed by atoms with Gasteiger partial charge in [-0.25, -0.2) is 4.99 Å². The number of nitrogens with zero attached hydrogens (tertiary/aromatic N) is 1. The molecule has 1 unspecified atom stereocenters. The number of alkyl halides is 3. The van der Waals surface area contributed by atoms with Crippen LogP contribution in [-0.2, 0) is 0 Å². The molecule has 1 aliphatic carbocycles. The summed E-state index contributed by atoms with van der Waals surface area (Å²) < 4.78 is 50.8. The molecule has 2 aliphatic rings. The van der Waals surface area contributed by atoms with Crippen molar-refractivity contribution in [1.29, 1.82) is 0 Å². The molecule has 1 atom stereocenters. The molecule has 0 spiro atoms.